The van der Waals surface area contributed by atoms with Gasteiger partial charge in [0, 0.05) is 5.92 Å². The second-order valence-electron chi connectivity index (χ2n) is 5.55. The number of ether oxygens (including phenoxy) is 2. The lowest BCUT2D eigenvalue weighted by atomic mass is 10.1. The standard InChI is InChI=1S/C15H14ClN3O3S/c16-10-5-8(6-11-13(10)22-4-3-21-11)7-12(20)17-15-19-18-14(23-15)9-1-2-9/h5-6,9H,1-4,7H2,(H,17,19,20). The molecular weight excluding hydrogens is 338 g/mol. The van der Waals surface area contributed by atoms with Crippen LogP contribution < -0.4 is 14.8 Å². The van der Waals surface area contributed by atoms with Crippen LogP contribution in [0, 0.1) is 0 Å². The van der Waals surface area contributed by atoms with Crippen molar-refractivity contribution < 1.29 is 14.3 Å². The highest BCUT2D eigenvalue weighted by atomic mass is 35.5. The van der Waals surface area contributed by atoms with Gasteiger partial charge in [0.25, 0.3) is 0 Å². The van der Waals surface area contributed by atoms with Crippen molar-refractivity contribution in [2.45, 2.75) is 25.2 Å². The average Bonchev–Trinajstić information content (AvgIpc) is 3.28. The third-order valence-corrected chi connectivity index (χ3v) is 4.92. The lowest BCUT2D eigenvalue weighted by Gasteiger charge is -2.20. The van der Waals surface area contributed by atoms with Gasteiger partial charge in [-0.1, -0.05) is 22.9 Å². The molecule has 1 aliphatic carbocycles. The summed E-state index contributed by atoms with van der Waals surface area (Å²) < 4.78 is 11.0. The minimum Gasteiger partial charge on any atom is -0.486 e. The van der Waals surface area contributed by atoms with Crippen LogP contribution in [0.25, 0.3) is 0 Å². The van der Waals surface area contributed by atoms with Crippen molar-refractivity contribution in [1.29, 1.82) is 0 Å². The van der Waals surface area contributed by atoms with Gasteiger partial charge in [-0.2, -0.15) is 0 Å². The van der Waals surface area contributed by atoms with Crippen LogP contribution >= 0.6 is 22.9 Å². The van der Waals surface area contributed by atoms with Gasteiger partial charge in [0.05, 0.1) is 11.4 Å². The highest BCUT2D eigenvalue weighted by Gasteiger charge is 2.27. The number of fused-ring (bicyclic) bond motifs is 1. The molecule has 1 aromatic carbocycles. The third kappa shape index (κ3) is 3.25. The predicted molar refractivity (Wildman–Crippen MR) is 86.7 cm³/mol. The molecule has 2 heterocycles. The number of nitrogens with one attached hydrogen (secondary N) is 1. The van der Waals surface area contributed by atoms with Gasteiger partial charge in [-0.05, 0) is 30.5 Å². The highest BCUT2D eigenvalue weighted by molar-refractivity contribution is 7.15. The van der Waals surface area contributed by atoms with E-state index in [1.54, 1.807) is 12.1 Å². The first kappa shape index (κ1) is 14.7. The number of carbonyl (C=O) groups excluding carboxylic acids is 1. The average molecular weight is 352 g/mol. The number of carbonyl (C=O) groups is 1. The van der Waals surface area contributed by atoms with E-state index in [1.807, 2.05) is 0 Å². The Kier molecular flexibility index (Phi) is 3.82. The molecule has 6 nitrogen and oxygen atoms in total. The summed E-state index contributed by atoms with van der Waals surface area (Å²) >= 11 is 7.62. The van der Waals surface area contributed by atoms with Gasteiger partial charge >= 0.3 is 0 Å². The Balaban J connectivity index is 1.44. The molecule has 0 unspecified atom stereocenters. The topological polar surface area (TPSA) is 73.3 Å². The molecule has 1 aromatic heterocycles. The van der Waals surface area contributed by atoms with Crippen LogP contribution in [-0.4, -0.2) is 29.3 Å². The number of hydrogen-bond donors (Lipinski definition) is 1. The molecule has 1 N–H and O–H groups in total. The summed E-state index contributed by atoms with van der Waals surface area (Å²) in [5.74, 6) is 1.50. The molecule has 0 spiro atoms. The molecule has 1 fully saturated rings. The Morgan fingerprint density at radius 1 is 1.30 bits per heavy atom. The summed E-state index contributed by atoms with van der Waals surface area (Å²) in [4.78, 5) is 12.2. The number of anilines is 1. The fraction of sp³-hybridized carbons (Fsp3) is 0.400. The molecule has 8 heteroatoms. The van der Waals surface area contributed by atoms with Crippen molar-refractivity contribution in [3.63, 3.8) is 0 Å². The zero-order valence-electron chi connectivity index (χ0n) is 12.2. The van der Waals surface area contributed by atoms with Crippen LogP contribution in [0.5, 0.6) is 11.5 Å². The molecule has 0 atom stereocenters. The first-order valence-corrected chi connectivity index (χ1v) is 8.60. The van der Waals surface area contributed by atoms with E-state index in [0.29, 0.717) is 40.8 Å². The fourth-order valence-electron chi connectivity index (χ4n) is 2.40. The minimum atomic E-state index is -0.156. The number of rotatable bonds is 4. The first-order chi connectivity index (χ1) is 11.2. The smallest absolute Gasteiger partial charge is 0.230 e. The molecule has 0 radical (unpaired) electrons. The molecule has 2 aromatic rings. The molecular formula is C15H14ClN3O3S. The van der Waals surface area contributed by atoms with Gasteiger partial charge < -0.3 is 14.8 Å². The molecule has 1 saturated carbocycles. The second kappa shape index (κ2) is 5.98. The molecule has 120 valence electrons. The summed E-state index contributed by atoms with van der Waals surface area (Å²) in [6.45, 7) is 0.959. The lowest BCUT2D eigenvalue weighted by Crippen LogP contribution is -2.17. The van der Waals surface area contributed by atoms with Gasteiger partial charge in [0.2, 0.25) is 11.0 Å². The molecule has 23 heavy (non-hydrogen) atoms. The maximum atomic E-state index is 12.2. The summed E-state index contributed by atoms with van der Waals surface area (Å²) in [6, 6.07) is 3.51. The molecule has 4 rings (SSSR count). The normalized spacial score (nSPS) is 16.2. The summed E-state index contributed by atoms with van der Waals surface area (Å²) in [6.07, 6.45) is 2.52. The van der Waals surface area contributed by atoms with E-state index in [4.69, 9.17) is 21.1 Å². The number of amides is 1. The van der Waals surface area contributed by atoms with E-state index in [0.717, 1.165) is 23.4 Å². The van der Waals surface area contributed by atoms with Crippen molar-refractivity contribution >= 4 is 34.0 Å². The van der Waals surface area contributed by atoms with Crippen LogP contribution in [-0.2, 0) is 11.2 Å². The maximum Gasteiger partial charge on any atom is 0.230 e. The molecule has 1 amide bonds. The zero-order valence-corrected chi connectivity index (χ0v) is 13.7. The van der Waals surface area contributed by atoms with E-state index >= 15 is 0 Å². The van der Waals surface area contributed by atoms with Gasteiger partial charge in [-0.25, -0.2) is 0 Å². The maximum absolute atomic E-state index is 12.2. The quantitative estimate of drug-likeness (QED) is 0.916. The molecule has 1 aliphatic heterocycles. The van der Waals surface area contributed by atoms with Crippen molar-refractivity contribution in [3.05, 3.63) is 27.7 Å². The number of benzene rings is 1. The minimum absolute atomic E-state index is 0.156. The van der Waals surface area contributed by atoms with E-state index in [2.05, 4.69) is 15.5 Å². The number of hydrogen-bond acceptors (Lipinski definition) is 6. The van der Waals surface area contributed by atoms with Crippen LogP contribution in [0.3, 0.4) is 0 Å². The summed E-state index contributed by atoms with van der Waals surface area (Å²) in [7, 11) is 0. The van der Waals surface area contributed by atoms with Crippen molar-refractivity contribution in [2.75, 3.05) is 18.5 Å². The van der Waals surface area contributed by atoms with Crippen LogP contribution in [0.15, 0.2) is 12.1 Å². The number of halogens is 1. The SMILES string of the molecule is O=C(Cc1cc(Cl)c2c(c1)OCCO2)Nc1nnc(C2CC2)s1. The Morgan fingerprint density at radius 3 is 2.96 bits per heavy atom. The van der Waals surface area contributed by atoms with Crippen molar-refractivity contribution in [3.8, 4) is 11.5 Å². The Hall–Kier alpha value is -1.86. The van der Waals surface area contributed by atoms with Crippen LogP contribution in [0.4, 0.5) is 5.13 Å². The van der Waals surface area contributed by atoms with Gasteiger partial charge in [-0.15, -0.1) is 10.2 Å². The first-order valence-electron chi connectivity index (χ1n) is 7.40. The zero-order chi connectivity index (χ0) is 15.8. The van der Waals surface area contributed by atoms with Crippen molar-refractivity contribution in [1.82, 2.24) is 10.2 Å². The Bertz CT molecular complexity index is 760. The molecule has 0 bridgehead atoms. The van der Waals surface area contributed by atoms with Gasteiger partial charge in [-0.3, -0.25) is 4.79 Å². The highest BCUT2D eigenvalue weighted by Crippen LogP contribution is 2.42. The van der Waals surface area contributed by atoms with Gasteiger partial charge in [0.15, 0.2) is 11.5 Å². The van der Waals surface area contributed by atoms with Crippen molar-refractivity contribution in [2.24, 2.45) is 0 Å². The van der Waals surface area contributed by atoms with E-state index in [-0.39, 0.29) is 12.3 Å². The second-order valence-corrected chi connectivity index (χ2v) is 6.96. The van der Waals surface area contributed by atoms with E-state index < -0.39 is 0 Å². The lowest BCUT2D eigenvalue weighted by molar-refractivity contribution is -0.115. The predicted octanol–water partition coefficient (Wildman–Crippen LogP) is 3.02. The number of aromatic nitrogens is 2. The monoisotopic (exact) mass is 351 g/mol. The van der Waals surface area contributed by atoms with E-state index in [1.165, 1.54) is 11.3 Å². The van der Waals surface area contributed by atoms with Gasteiger partial charge in [0.1, 0.15) is 18.2 Å². The van der Waals surface area contributed by atoms with Crippen LogP contribution in [0.2, 0.25) is 5.02 Å². The third-order valence-electron chi connectivity index (χ3n) is 3.63. The summed E-state index contributed by atoms with van der Waals surface area (Å²) in [5, 5.41) is 12.9. The fourth-order valence-corrected chi connectivity index (χ4v) is 3.61. The largest absolute Gasteiger partial charge is 0.486 e. The number of nitrogens with zero attached hydrogens (tertiary/aromatic N) is 2. The summed E-state index contributed by atoms with van der Waals surface area (Å²) in [5.41, 5.74) is 0.767. The molecule has 0 saturated heterocycles. The van der Waals surface area contributed by atoms with Crippen LogP contribution in [0.1, 0.15) is 29.3 Å². The van der Waals surface area contributed by atoms with E-state index in [9.17, 15) is 4.79 Å². The Morgan fingerprint density at radius 2 is 2.13 bits per heavy atom. The Labute approximate surface area is 141 Å². The molecule has 2 aliphatic rings.